The average molecular weight is 264 g/mol. The SMILES string of the molecule is CCOC(=O)C(C)Nc1nc2c(C)cccc2s1. The van der Waals surface area contributed by atoms with Gasteiger partial charge in [-0.3, -0.25) is 0 Å². The van der Waals surface area contributed by atoms with Crippen molar-refractivity contribution in [3.63, 3.8) is 0 Å². The Labute approximate surface area is 110 Å². The van der Waals surface area contributed by atoms with E-state index in [-0.39, 0.29) is 12.0 Å². The maximum absolute atomic E-state index is 11.5. The number of aryl methyl sites for hydroxylation is 1. The molecule has 4 nitrogen and oxygen atoms in total. The van der Waals surface area contributed by atoms with Crippen LogP contribution in [0, 0.1) is 6.92 Å². The maximum atomic E-state index is 11.5. The van der Waals surface area contributed by atoms with Gasteiger partial charge in [0.15, 0.2) is 5.13 Å². The van der Waals surface area contributed by atoms with Crippen LogP contribution in [0.25, 0.3) is 10.2 Å². The fourth-order valence-corrected chi connectivity index (χ4v) is 2.69. The number of carbonyl (C=O) groups is 1. The summed E-state index contributed by atoms with van der Waals surface area (Å²) in [5, 5.41) is 3.83. The van der Waals surface area contributed by atoms with Crippen LogP contribution in [0.1, 0.15) is 19.4 Å². The van der Waals surface area contributed by atoms with E-state index in [4.69, 9.17) is 4.74 Å². The Hall–Kier alpha value is -1.62. The number of nitrogens with zero attached hydrogens (tertiary/aromatic N) is 1. The molecule has 0 aliphatic carbocycles. The Kier molecular flexibility index (Phi) is 3.81. The second-order valence-electron chi connectivity index (χ2n) is 4.06. The highest BCUT2D eigenvalue weighted by atomic mass is 32.1. The van der Waals surface area contributed by atoms with Crippen molar-refractivity contribution < 1.29 is 9.53 Å². The molecule has 1 N–H and O–H groups in total. The van der Waals surface area contributed by atoms with Crippen molar-refractivity contribution in [3.8, 4) is 0 Å². The molecule has 5 heteroatoms. The van der Waals surface area contributed by atoms with Gasteiger partial charge in [-0.15, -0.1) is 0 Å². The third-order valence-electron chi connectivity index (χ3n) is 2.60. The van der Waals surface area contributed by atoms with E-state index in [1.807, 2.05) is 25.1 Å². The highest BCUT2D eigenvalue weighted by Crippen LogP contribution is 2.28. The maximum Gasteiger partial charge on any atom is 0.328 e. The molecule has 2 aromatic rings. The lowest BCUT2D eigenvalue weighted by atomic mass is 10.2. The summed E-state index contributed by atoms with van der Waals surface area (Å²) < 4.78 is 6.07. The Morgan fingerprint density at radius 1 is 1.56 bits per heavy atom. The van der Waals surface area contributed by atoms with E-state index >= 15 is 0 Å². The van der Waals surface area contributed by atoms with Crippen molar-refractivity contribution in [1.29, 1.82) is 0 Å². The van der Waals surface area contributed by atoms with Gasteiger partial charge >= 0.3 is 5.97 Å². The average Bonchev–Trinajstić information content (AvgIpc) is 2.73. The number of carbonyl (C=O) groups excluding carboxylic acids is 1. The number of hydrogen-bond acceptors (Lipinski definition) is 5. The zero-order valence-corrected chi connectivity index (χ0v) is 11.5. The van der Waals surface area contributed by atoms with Gasteiger partial charge in [0, 0.05) is 0 Å². The predicted octanol–water partition coefficient (Wildman–Crippen LogP) is 2.97. The summed E-state index contributed by atoms with van der Waals surface area (Å²) in [6, 6.07) is 5.68. The monoisotopic (exact) mass is 264 g/mol. The number of fused-ring (bicyclic) bond motifs is 1. The van der Waals surface area contributed by atoms with Crippen LogP contribution < -0.4 is 5.32 Å². The van der Waals surface area contributed by atoms with Crippen LogP contribution >= 0.6 is 11.3 Å². The highest BCUT2D eigenvalue weighted by molar-refractivity contribution is 7.22. The van der Waals surface area contributed by atoms with E-state index in [1.54, 1.807) is 25.2 Å². The third-order valence-corrected chi connectivity index (χ3v) is 3.55. The molecule has 0 spiro atoms. The minimum atomic E-state index is -0.384. The topological polar surface area (TPSA) is 51.2 Å². The normalized spacial score (nSPS) is 12.4. The molecule has 1 aromatic carbocycles. The van der Waals surface area contributed by atoms with Gasteiger partial charge in [0.25, 0.3) is 0 Å². The van der Waals surface area contributed by atoms with Gasteiger partial charge in [-0.25, -0.2) is 9.78 Å². The number of ether oxygens (including phenoxy) is 1. The summed E-state index contributed by atoms with van der Waals surface area (Å²) in [5.41, 5.74) is 2.13. The molecule has 0 fully saturated rings. The summed E-state index contributed by atoms with van der Waals surface area (Å²) in [5.74, 6) is -0.256. The van der Waals surface area contributed by atoms with Gasteiger partial charge in [-0.1, -0.05) is 23.5 Å². The Morgan fingerprint density at radius 3 is 3.00 bits per heavy atom. The first-order valence-corrected chi connectivity index (χ1v) is 6.72. The van der Waals surface area contributed by atoms with Crippen molar-refractivity contribution >= 4 is 32.7 Å². The second kappa shape index (κ2) is 5.35. The molecule has 0 aliphatic rings. The zero-order chi connectivity index (χ0) is 13.1. The largest absolute Gasteiger partial charge is 0.464 e. The molecular weight excluding hydrogens is 248 g/mol. The van der Waals surface area contributed by atoms with Gasteiger partial charge in [0.1, 0.15) is 6.04 Å². The molecule has 0 aliphatic heterocycles. The summed E-state index contributed by atoms with van der Waals surface area (Å²) in [7, 11) is 0. The van der Waals surface area contributed by atoms with Crippen LogP contribution in [0.4, 0.5) is 5.13 Å². The lowest BCUT2D eigenvalue weighted by Crippen LogP contribution is -2.28. The Bertz CT molecular complexity index is 565. The molecule has 1 unspecified atom stereocenters. The number of rotatable bonds is 4. The summed E-state index contributed by atoms with van der Waals surface area (Å²) in [4.78, 5) is 16.0. The van der Waals surface area contributed by atoms with Crippen LogP contribution in [-0.4, -0.2) is 23.6 Å². The Balaban J connectivity index is 2.17. The predicted molar refractivity (Wildman–Crippen MR) is 74.1 cm³/mol. The van der Waals surface area contributed by atoms with Crippen LogP contribution in [-0.2, 0) is 9.53 Å². The van der Waals surface area contributed by atoms with Gasteiger partial charge in [-0.2, -0.15) is 0 Å². The summed E-state index contributed by atoms with van der Waals surface area (Å²) >= 11 is 1.55. The Morgan fingerprint density at radius 2 is 2.33 bits per heavy atom. The third kappa shape index (κ3) is 2.61. The fourth-order valence-electron chi connectivity index (χ4n) is 1.66. The minimum absolute atomic E-state index is 0.256. The fraction of sp³-hybridized carbons (Fsp3) is 0.385. The van der Waals surface area contributed by atoms with Crippen molar-refractivity contribution in [3.05, 3.63) is 23.8 Å². The number of hydrogen-bond donors (Lipinski definition) is 1. The van der Waals surface area contributed by atoms with Crippen molar-refractivity contribution in [2.24, 2.45) is 0 Å². The van der Waals surface area contributed by atoms with Gasteiger partial charge in [0.2, 0.25) is 0 Å². The lowest BCUT2D eigenvalue weighted by molar-refractivity contribution is -0.143. The number of nitrogens with one attached hydrogen (secondary N) is 1. The van der Waals surface area contributed by atoms with Crippen LogP contribution in [0.2, 0.25) is 0 Å². The molecule has 0 saturated heterocycles. The smallest absolute Gasteiger partial charge is 0.328 e. The molecule has 18 heavy (non-hydrogen) atoms. The molecule has 2 rings (SSSR count). The molecule has 0 saturated carbocycles. The minimum Gasteiger partial charge on any atom is -0.464 e. The van der Waals surface area contributed by atoms with E-state index < -0.39 is 0 Å². The van der Waals surface area contributed by atoms with Crippen LogP contribution in [0.15, 0.2) is 18.2 Å². The second-order valence-corrected chi connectivity index (χ2v) is 5.09. The molecule has 1 atom stereocenters. The number of para-hydroxylation sites is 1. The zero-order valence-electron chi connectivity index (χ0n) is 10.7. The lowest BCUT2D eigenvalue weighted by Gasteiger charge is -2.10. The van der Waals surface area contributed by atoms with Gasteiger partial charge in [0.05, 0.1) is 16.8 Å². The first-order valence-electron chi connectivity index (χ1n) is 5.91. The van der Waals surface area contributed by atoms with E-state index in [0.29, 0.717) is 6.61 Å². The number of thiazole rings is 1. The first-order chi connectivity index (χ1) is 8.61. The number of anilines is 1. The molecule has 0 amide bonds. The van der Waals surface area contributed by atoms with Crippen molar-refractivity contribution in [2.75, 3.05) is 11.9 Å². The number of aromatic nitrogens is 1. The standard InChI is InChI=1S/C13H16N2O2S/c1-4-17-12(16)9(3)14-13-15-11-8(2)6-5-7-10(11)18-13/h5-7,9H,4H2,1-3H3,(H,14,15). The van der Waals surface area contributed by atoms with Crippen LogP contribution in [0.5, 0.6) is 0 Å². The van der Waals surface area contributed by atoms with Crippen molar-refractivity contribution in [1.82, 2.24) is 4.98 Å². The van der Waals surface area contributed by atoms with Gasteiger partial charge in [-0.05, 0) is 32.4 Å². The van der Waals surface area contributed by atoms with E-state index in [0.717, 1.165) is 20.9 Å². The first kappa shape index (κ1) is 12.8. The van der Waals surface area contributed by atoms with E-state index in [2.05, 4.69) is 10.3 Å². The number of esters is 1. The van der Waals surface area contributed by atoms with Crippen LogP contribution in [0.3, 0.4) is 0 Å². The van der Waals surface area contributed by atoms with Crippen molar-refractivity contribution in [2.45, 2.75) is 26.8 Å². The molecule has 96 valence electrons. The van der Waals surface area contributed by atoms with Gasteiger partial charge < -0.3 is 10.1 Å². The molecule has 1 heterocycles. The quantitative estimate of drug-likeness (QED) is 0.863. The van der Waals surface area contributed by atoms with E-state index in [9.17, 15) is 4.79 Å². The summed E-state index contributed by atoms with van der Waals surface area (Å²) in [6.45, 7) is 5.99. The van der Waals surface area contributed by atoms with E-state index in [1.165, 1.54) is 0 Å². The highest BCUT2D eigenvalue weighted by Gasteiger charge is 2.15. The molecule has 0 bridgehead atoms. The number of benzene rings is 1. The molecular formula is C13H16N2O2S. The molecule has 1 aromatic heterocycles. The summed E-state index contributed by atoms with van der Waals surface area (Å²) in [6.07, 6.45) is 0. The molecule has 0 radical (unpaired) electrons.